The number of hydrogen-bond donors (Lipinski definition) is 3. The van der Waals surface area contributed by atoms with Crippen LogP contribution in [-0.4, -0.2) is 39.9 Å². The number of amides is 2. The Hall–Kier alpha value is -3.36. The van der Waals surface area contributed by atoms with Gasteiger partial charge in [-0.3, -0.25) is 15.3 Å². The van der Waals surface area contributed by atoms with Crippen molar-refractivity contribution in [3.63, 3.8) is 0 Å². The minimum Gasteiger partial charge on any atom is -0.478 e. The van der Waals surface area contributed by atoms with Crippen LogP contribution in [0.1, 0.15) is 36.8 Å². The highest BCUT2D eigenvalue weighted by Gasteiger charge is 2.07. The summed E-state index contributed by atoms with van der Waals surface area (Å²) in [5.41, 5.74) is 2.61. The highest BCUT2D eigenvalue weighted by atomic mass is 35.5. The fraction of sp³-hybridized carbons (Fsp3) is 0.292. The lowest BCUT2D eigenvalue weighted by Crippen LogP contribution is -2.26. The molecule has 2 aromatic carbocycles. The summed E-state index contributed by atoms with van der Waals surface area (Å²) in [6.45, 7) is 0.313. The van der Waals surface area contributed by atoms with Crippen LogP contribution in [0.3, 0.4) is 0 Å². The Morgan fingerprint density at radius 3 is 2.36 bits per heavy atom. The summed E-state index contributed by atoms with van der Waals surface area (Å²) < 4.78 is 5.23. The maximum atomic E-state index is 11.9. The fourth-order valence-corrected chi connectivity index (χ4v) is 3.14. The first kappa shape index (κ1) is 25.9. The molecular weight excluding hydrogens is 448 g/mol. The smallest absolute Gasteiger partial charge is 0.411 e. The second kappa shape index (κ2) is 13.9. The fourth-order valence-electron chi connectivity index (χ4n) is 2.95. The van der Waals surface area contributed by atoms with Crippen molar-refractivity contribution in [2.45, 2.75) is 38.7 Å². The molecule has 0 atom stereocenters. The van der Waals surface area contributed by atoms with Crippen molar-refractivity contribution in [2.75, 3.05) is 11.9 Å². The average Bonchev–Trinajstić information content (AvgIpc) is 2.79. The van der Waals surface area contributed by atoms with Crippen LogP contribution in [0.25, 0.3) is 0 Å². The Morgan fingerprint density at radius 2 is 1.67 bits per heavy atom. The Bertz CT molecular complexity index is 962. The van der Waals surface area contributed by atoms with Crippen LogP contribution in [0.15, 0.2) is 60.7 Å². The van der Waals surface area contributed by atoms with Crippen LogP contribution >= 0.6 is 11.6 Å². The molecular formula is C24H27ClN2O6. The normalized spacial score (nSPS) is 10.7. The Labute approximate surface area is 197 Å². The van der Waals surface area contributed by atoms with Crippen LogP contribution in [0.2, 0.25) is 5.02 Å². The van der Waals surface area contributed by atoms with Gasteiger partial charge in [-0.2, -0.15) is 0 Å². The molecule has 0 heterocycles. The van der Waals surface area contributed by atoms with Gasteiger partial charge in [-0.25, -0.2) is 14.7 Å². The van der Waals surface area contributed by atoms with E-state index in [9.17, 15) is 19.6 Å². The Balaban J connectivity index is 1.60. The number of ether oxygens (including phenoxy) is 1. The van der Waals surface area contributed by atoms with Crippen molar-refractivity contribution in [1.82, 2.24) is 5.06 Å². The summed E-state index contributed by atoms with van der Waals surface area (Å²) in [6, 6.07) is 14.6. The van der Waals surface area contributed by atoms with Crippen molar-refractivity contribution in [1.29, 1.82) is 0 Å². The standard InChI is InChI=1S/C24H27ClN2O6/c25-20-7-5-8-21(16-20)26-24(31)33-17-19-11-9-18(10-12-19)6-3-1-2-4-15-27(32)22(28)13-14-23(29)30/h5,7-14,16,32H,1-4,6,15,17H2,(H,26,31)(H,29,30)/b14-13+. The molecule has 0 spiro atoms. The molecule has 0 saturated carbocycles. The van der Waals surface area contributed by atoms with E-state index in [2.05, 4.69) is 5.32 Å². The van der Waals surface area contributed by atoms with Gasteiger partial charge in [0.05, 0.1) is 0 Å². The highest BCUT2D eigenvalue weighted by Crippen LogP contribution is 2.15. The second-order valence-corrected chi connectivity index (χ2v) is 7.76. The van der Waals surface area contributed by atoms with Crippen molar-refractivity contribution in [2.24, 2.45) is 0 Å². The second-order valence-electron chi connectivity index (χ2n) is 7.33. The molecule has 0 radical (unpaired) electrons. The van der Waals surface area contributed by atoms with Gasteiger partial charge in [-0.1, -0.05) is 54.8 Å². The van der Waals surface area contributed by atoms with Gasteiger partial charge in [-0.05, 0) is 48.6 Å². The molecule has 9 heteroatoms. The Kier molecular flexibility index (Phi) is 10.9. The minimum absolute atomic E-state index is 0.155. The van der Waals surface area contributed by atoms with E-state index < -0.39 is 18.0 Å². The predicted octanol–water partition coefficient (Wildman–Crippen LogP) is 5.05. The van der Waals surface area contributed by atoms with E-state index in [1.165, 1.54) is 5.56 Å². The van der Waals surface area contributed by atoms with Gasteiger partial charge in [0.2, 0.25) is 0 Å². The third kappa shape index (κ3) is 10.7. The molecule has 0 aromatic heterocycles. The minimum atomic E-state index is -1.24. The number of hydrogen-bond acceptors (Lipinski definition) is 5. The average molecular weight is 475 g/mol. The molecule has 2 amide bonds. The monoisotopic (exact) mass is 474 g/mol. The quantitative estimate of drug-likeness (QED) is 0.171. The first-order chi connectivity index (χ1) is 15.8. The number of aliphatic carboxylic acids is 1. The van der Waals surface area contributed by atoms with E-state index in [0.717, 1.165) is 37.3 Å². The third-order valence-corrected chi connectivity index (χ3v) is 4.91. The van der Waals surface area contributed by atoms with Gasteiger partial charge in [0.1, 0.15) is 6.61 Å². The molecule has 0 fully saturated rings. The van der Waals surface area contributed by atoms with E-state index in [1.54, 1.807) is 24.3 Å². The summed E-state index contributed by atoms with van der Waals surface area (Å²) in [6.07, 6.45) is 5.19. The number of carboxylic acid groups (broad SMARTS) is 1. The molecule has 0 bridgehead atoms. The summed E-state index contributed by atoms with van der Waals surface area (Å²) in [5, 5.41) is 21.7. The maximum Gasteiger partial charge on any atom is 0.411 e. The molecule has 0 saturated heterocycles. The van der Waals surface area contributed by atoms with Crippen LogP contribution in [0, 0.1) is 0 Å². The van der Waals surface area contributed by atoms with Gasteiger partial charge in [-0.15, -0.1) is 0 Å². The zero-order chi connectivity index (χ0) is 24.1. The largest absolute Gasteiger partial charge is 0.478 e. The van der Waals surface area contributed by atoms with E-state index in [0.29, 0.717) is 28.3 Å². The van der Waals surface area contributed by atoms with Crippen LogP contribution < -0.4 is 5.32 Å². The van der Waals surface area contributed by atoms with Crippen molar-refractivity contribution in [3.05, 3.63) is 76.8 Å². The van der Waals surface area contributed by atoms with Crippen molar-refractivity contribution >= 4 is 35.3 Å². The third-order valence-electron chi connectivity index (χ3n) is 4.67. The van der Waals surface area contributed by atoms with E-state index in [-0.39, 0.29) is 13.2 Å². The number of carbonyl (C=O) groups is 3. The van der Waals surface area contributed by atoms with Crippen molar-refractivity contribution < 1.29 is 29.4 Å². The molecule has 0 unspecified atom stereocenters. The molecule has 2 rings (SSSR count). The number of benzene rings is 2. The number of aryl methyl sites for hydroxylation is 1. The summed E-state index contributed by atoms with van der Waals surface area (Å²) >= 11 is 5.89. The number of halogens is 1. The zero-order valence-electron chi connectivity index (χ0n) is 18.1. The molecule has 0 aliphatic heterocycles. The molecule has 8 nitrogen and oxygen atoms in total. The van der Waals surface area contributed by atoms with Gasteiger partial charge in [0.15, 0.2) is 0 Å². The molecule has 3 N–H and O–H groups in total. The predicted molar refractivity (Wildman–Crippen MR) is 124 cm³/mol. The highest BCUT2D eigenvalue weighted by molar-refractivity contribution is 6.30. The number of carboxylic acids is 1. The summed E-state index contributed by atoms with van der Waals surface area (Å²) in [5.74, 6) is -1.99. The lowest BCUT2D eigenvalue weighted by Gasteiger charge is -2.12. The van der Waals surface area contributed by atoms with E-state index >= 15 is 0 Å². The number of hydroxylamine groups is 2. The Morgan fingerprint density at radius 1 is 0.970 bits per heavy atom. The molecule has 33 heavy (non-hydrogen) atoms. The van der Waals surface area contributed by atoms with Crippen LogP contribution in [0.4, 0.5) is 10.5 Å². The number of unbranched alkanes of at least 4 members (excludes halogenated alkanes) is 3. The zero-order valence-corrected chi connectivity index (χ0v) is 18.8. The SMILES string of the molecule is O=C(O)/C=C/C(=O)N(O)CCCCCCc1ccc(COC(=O)Nc2cccc(Cl)c2)cc1. The van der Waals surface area contributed by atoms with Gasteiger partial charge < -0.3 is 9.84 Å². The topological polar surface area (TPSA) is 116 Å². The molecule has 2 aromatic rings. The lowest BCUT2D eigenvalue weighted by molar-refractivity contribution is -0.159. The number of anilines is 1. The van der Waals surface area contributed by atoms with Gasteiger partial charge in [0.25, 0.3) is 5.91 Å². The molecule has 176 valence electrons. The maximum absolute atomic E-state index is 11.9. The lowest BCUT2D eigenvalue weighted by atomic mass is 10.0. The molecule has 0 aliphatic carbocycles. The van der Waals surface area contributed by atoms with Gasteiger partial charge >= 0.3 is 12.1 Å². The van der Waals surface area contributed by atoms with Gasteiger partial charge in [0, 0.05) is 29.4 Å². The summed E-state index contributed by atoms with van der Waals surface area (Å²) in [4.78, 5) is 33.7. The molecule has 0 aliphatic rings. The number of nitrogens with one attached hydrogen (secondary N) is 1. The first-order valence-corrected chi connectivity index (χ1v) is 10.9. The first-order valence-electron chi connectivity index (χ1n) is 10.5. The van der Waals surface area contributed by atoms with E-state index in [1.807, 2.05) is 24.3 Å². The number of rotatable bonds is 12. The van der Waals surface area contributed by atoms with E-state index in [4.69, 9.17) is 21.4 Å². The van der Waals surface area contributed by atoms with Crippen molar-refractivity contribution in [3.8, 4) is 0 Å². The number of carbonyl (C=O) groups excluding carboxylic acids is 2. The van der Waals surface area contributed by atoms with Crippen LogP contribution in [-0.2, 0) is 27.4 Å². The summed E-state index contributed by atoms with van der Waals surface area (Å²) in [7, 11) is 0. The van der Waals surface area contributed by atoms with Crippen LogP contribution in [0.5, 0.6) is 0 Å². The number of nitrogens with zero attached hydrogens (tertiary/aromatic N) is 1.